The van der Waals surface area contributed by atoms with Gasteiger partial charge in [-0.2, -0.15) is 0 Å². The van der Waals surface area contributed by atoms with Crippen molar-refractivity contribution in [2.45, 2.75) is 25.4 Å². The van der Waals surface area contributed by atoms with Crippen LogP contribution in [0.15, 0.2) is 30.3 Å². The minimum Gasteiger partial charge on any atom is -0.322 e. The van der Waals surface area contributed by atoms with Crippen LogP contribution in [0.3, 0.4) is 0 Å². The second-order valence-corrected chi connectivity index (χ2v) is 4.44. The summed E-state index contributed by atoms with van der Waals surface area (Å²) in [5, 5.41) is 0. The maximum absolute atomic E-state index is 6.23. The van der Waals surface area contributed by atoms with Gasteiger partial charge in [0.25, 0.3) is 0 Å². The molecule has 1 rings (SSSR count). The van der Waals surface area contributed by atoms with Gasteiger partial charge in [0.2, 0.25) is 0 Å². The van der Waals surface area contributed by atoms with Crippen LogP contribution in [0.25, 0.3) is 0 Å². The molecule has 0 bridgehead atoms. The molecule has 0 aromatic heterocycles. The summed E-state index contributed by atoms with van der Waals surface area (Å²) in [5.74, 6) is 0. The predicted molar refractivity (Wildman–Crippen MR) is 68.4 cm³/mol. The largest absolute Gasteiger partial charge is 0.322 e. The Kier molecular flexibility index (Phi) is 5.29. The zero-order valence-corrected chi connectivity index (χ0v) is 10.7. The van der Waals surface area contributed by atoms with E-state index in [1.54, 1.807) is 0 Å². The quantitative estimate of drug-likeness (QED) is 0.861. The highest BCUT2D eigenvalue weighted by Crippen LogP contribution is 2.26. The standard InChI is InChI=1S/C12H20N2.ClH/c1-12(2,14(3)4)11(13)10-8-6-5-7-9-10;/h5-9,11H,13H2,1-4H3;1H. The van der Waals surface area contributed by atoms with Gasteiger partial charge in [0, 0.05) is 11.6 Å². The third-order valence-electron chi connectivity index (χ3n) is 3.07. The Morgan fingerprint density at radius 1 is 1.13 bits per heavy atom. The van der Waals surface area contributed by atoms with E-state index in [9.17, 15) is 0 Å². The Balaban J connectivity index is 0.00000196. The van der Waals surface area contributed by atoms with Crippen LogP contribution < -0.4 is 5.73 Å². The minimum absolute atomic E-state index is 0. The van der Waals surface area contributed by atoms with Crippen LogP contribution in [0.5, 0.6) is 0 Å². The van der Waals surface area contributed by atoms with Gasteiger partial charge >= 0.3 is 0 Å². The zero-order chi connectivity index (χ0) is 10.8. The number of nitrogens with two attached hydrogens (primary N) is 1. The summed E-state index contributed by atoms with van der Waals surface area (Å²) in [7, 11) is 4.12. The normalized spacial score (nSPS) is 13.5. The molecule has 1 atom stereocenters. The molecule has 0 amide bonds. The first-order valence-electron chi connectivity index (χ1n) is 4.94. The minimum atomic E-state index is -0.0264. The van der Waals surface area contributed by atoms with E-state index in [-0.39, 0.29) is 24.0 Å². The van der Waals surface area contributed by atoms with Crippen molar-refractivity contribution in [1.29, 1.82) is 0 Å². The maximum atomic E-state index is 6.23. The van der Waals surface area contributed by atoms with Crippen LogP contribution in [0.4, 0.5) is 0 Å². The third kappa shape index (κ3) is 3.20. The highest BCUT2D eigenvalue weighted by molar-refractivity contribution is 5.85. The van der Waals surface area contributed by atoms with Crippen molar-refractivity contribution in [3.8, 4) is 0 Å². The van der Waals surface area contributed by atoms with E-state index in [0.29, 0.717) is 0 Å². The molecular weight excluding hydrogens is 208 g/mol. The molecular formula is C12H21ClN2. The Hall–Kier alpha value is -0.570. The predicted octanol–water partition coefficient (Wildman–Crippen LogP) is 2.45. The van der Waals surface area contributed by atoms with Gasteiger partial charge in [0.15, 0.2) is 0 Å². The van der Waals surface area contributed by atoms with Crippen LogP contribution in [-0.2, 0) is 0 Å². The molecule has 0 saturated heterocycles. The zero-order valence-electron chi connectivity index (χ0n) is 9.90. The first-order chi connectivity index (χ1) is 6.46. The molecule has 15 heavy (non-hydrogen) atoms. The van der Waals surface area contributed by atoms with E-state index in [4.69, 9.17) is 5.73 Å². The van der Waals surface area contributed by atoms with E-state index in [1.807, 2.05) is 18.2 Å². The maximum Gasteiger partial charge on any atom is 0.0476 e. The molecule has 0 radical (unpaired) electrons. The number of benzene rings is 1. The fourth-order valence-corrected chi connectivity index (χ4v) is 1.35. The lowest BCUT2D eigenvalue weighted by Gasteiger charge is -2.38. The van der Waals surface area contributed by atoms with Crippen molar-refractivity contribution in [3.63, 3.8) is 0 Å². The van der Waals surface area contributed by atoms with Gasteiger partial charge in [-0.3, -0.25) is 0 Å². The van der Waals surface area contributed by atoms with Gasteiger partial charge in [-0.05, 0) is 33.5 Å². The molecule has 1 unspecified atom stereocenters. The molecule has 0 heterocycles. The van der Waals surface area contributed by atoms with E-state index in [1.165, 1.54) is 5.56 Å². The Morgan fingerprint density at radius 3 is 2.00 bits per heavy atom. The smallest absolute Gasteiger partial charge is 0.0476 e. The number of hydrogen-bond acceptors (Lipinski definition) is 2. The monoisotopic (exact) mass is 228 g/mol. The Bertz CT molecular complexity index is 283. The second kappa shape index (κ2) is 5.50. The van der Waals surface area contributed by atoms with E-state index < -0.39 is 0 Å². The molecule has 0 saturated carbocycles. The molecule has 0 aliphatic heterocycles. The van der Waals surface area contributed by atoms with Crippen LogP contribution in [0, 0.1) is 0 Å². The van der Waals surface area contributed by atoms with Crippen LogP contribution in [-0.4, -0.2) is 24.5 Å². The van der Waals surface area contributed by atoms with Crippen molar-refractivity contribution in [1.82, 2.24) is 4.90 Å². The molecule has 2 nitrogen and oxygen atoms in total. The fourth-order valence-electron chi connectivity index (χ4n) is 1.35. The second-order valence-electron chi connectivity index (χ2n) is 4.44. The van der Waals surface area contributed by atoms with Gasteiger partial charge in [0.1, 0.15) is 0 Å². The molecule has 0 spiro atoms. The number of nitrogens with zero attached hydrogens (tertiary/aromatic N) is 1. The van der Waals surface area contributed by atoms with Gasteiger partial charge in [0.05, 0.1) is 0 Å². The molecule has 2 N–H and O–H groups in total. The molecule has 0 aliphatic carbocycles. The van der Waals surface area contributed by atoms with Crippen molar-refractivity contribution in [2.24, 2.45) is 5.73 Å². The van der Waals surface area contributed by atoms with Gasteiger partial charge in [-0.15, -0.1) is 12.4 Å². The highest BCUT2D eigenvalue weighted by atomic mass is 35.5. The summed E-state index contributed by atoms with van der Waals surface area (Å²) in [6.45, 7) is 4.31. The summed E-state index contributed by atoms with van der Waals surface area (Å²) < 4.78 is 0. The van der Waals surface area contributed by atoms with Crippen molar-refractivity contribution in [2.75, 3.05) is 14.1 Å². The summed E-state index contributed by atoms with van der Waals surface area (Å²) in [5.41, 5.74) is 7.39. The molecule has 1 aromatic carbocycles. The lowest BCUT2D eigenvalue weighted by molar-refractivity contribution is 0.159. The van der Waals surface area contributed by atoms with Crippen LogP contribution in [0.2, 0.25) is 0 Å². The topological polar surface area (TPSA) is 29.3 Å². The Morgan fingerprint density at radius 2 is 1.60 bits per heavy atom. The highest BCUT2D eigenvalue weighted by Gasteiger charge is 2.29. The summed E-state index contributed by atoms with van der Waals surface area (Å²) >= 11 is 0. The fraction of sp³-hybridized carbons (Fsp3) is 0.500. The van der Waals surface area contributed by atoms with E-state index in [0.717, 1.165) is 0 Å². The first kappa shape index (κ1) is 14.4. The average Bonchev–Trinajstić information content (AvgIpc) is 2.17. The lowest BCUT2D eigenvalue weighted by atomic mass is 9.88. The van der Waals surface area contributed by atoms with Crippen molar-refractivity contribution in [3.05, 3.63) is 35.9 Å². The van der Waals surface area contributed by atoms with Crippen LogP contribution in [0.1, 0.15) is 25.5 Å². The van der Waals surface area contributed by atoms with E-state index in [2.05, 4.69) is 45.0 Å². The number of rotatable bonds is 3. The van der Waals surface area contributed by atoms with Crippen molar-refractivity contribution < 1.29 is 0 Å². The summed E-state index contributed by atoms with van der Waals surface area (Å²) in [6, 6.07) is 10.3. The van der Waals surface area contributed by atoms with E-state index >= 15 is 0 Å². The first-order valence-corrected chi connectivity index (χ1v) is 4.94. The SMILES string of the molecule is CN(C)C(C)(C)C(N)c1ccccc1.Cl. The number of halogens is 1. The summed E-state index contributed by atoms with van der Waals surface area (Å²) in [6.07, 6.45) is 0. The molecule has 0 aliphatic rings. The van der Waals surface area contributed by atoms with Gasteiger partial charge < -0.3 is 10.6 Å². The molecule has 1 aromatic rings. The third-order valence-corrected chi connectivity index (χ3v) is 3.07. The van der Waals surface area contributed by atoms with Gasteiger partial charge in [-0.1, -0.05) is 30.3 Å². The molecule has 3 heteroatoms. The van der Waals surface area contributed by atoms with Crippen LogP contribution >= 0.6 is 12.4 Å². The molecule has 0 fully saturated rings. The lowest BCUT2D eigenvalue weighted by Crippen LogP contribution is -2.47. The molecule has 86 valence electrons. The Labute approximate surface area is 98.9 Å². The number of likely N-dealkylation sites (N-methyl/N-ethyl adjacent to an activating group) is 1. The van der Waals surface area contributed by atoms with Gasteiger partial charge in [-0.25, -0.2) is 0 Å². The summed E-state index contributed by atoms with van der Waals surface area (Å²) in [4.78, 5) is 2.16. The average molecular weight is 229 g/mol. The number of hydrogen-bond donors (Lipinski definition) is 1. The van der Waals surface area contributed by atoms with Crippen molar-refractivity contribution >= 4 is 12.4 Å².